The number of benzene rings is 4. The Kier molecular flexibility index (Phi) is 3.49. The zero-order valence-corrected chi connectivity index (χ0v) is 16.0. The van der Waals surface area contributed by atoms with Gasteiger partial charge in [-0.25, -0.2) is 4.98 Å². The van der Waals surface area contributed by atoms with Crippen LogP contribution in [0.4, 0.5) is 5.69 Å². The molecule has 7 heteroatoms. The van der Waals surface area contributed by atoms with Gasteiger partial charge in [0, 0.05) is 27.6 Å². The molecule has 0 aliphatic carbocycles. The highest BCUT2D eigenvalue weighted by molar-refractivity contribution is 6.17. The molecule has 0 radical (unpaired) electrons. The van der Waals surface area contributed by atoms with Crippen molar-refractivity contribution in [2.45, 2.75) is 0 Å². The molecule has 4 aromatic carbocycles. The van der Waals surface area contributed by atoms with Crippen molar-refractivity contribution in [2.75, 3.05) is 0 Å². The first-order valence-electron chi connectivity index (χ1n) is 9.63. The fraction of sp³-hybridized carbons (Fsp3) is 0. The Labute approximate surface area is 174 Å². The molecule has 6 aromatic rings. The molecule has 2 heterocycles. The van der Waals surface area contributed by atoms with Crippen LogP contribution in [0, 0.1) is 10.1 Å². The molecule has 7 nitrogen and oxygen atoms in total. The number of nitrogens with zero attached hydrogens (tertiary/aromatic N) is 3. The quantitative estimate of drug-likeness (QED) is 0.294. The van der Waals surface area contributed by atoms with E-state index in [0.29, 0.717) is 22.2 Å². The lowest BCUT2D eigenvalue weighted by Gasteiger charge is -2.12. The van der Waals surface area contributed by atoms with Crippen molar-refractivity contribution in [3.8, 4) is 11.5 Å². The van der Waals surface area contributed by atoms with E-state index in [-0.39, 0.29) is 17.0 Å². The van der Waals surface area contributed by atoms with E-state index in [0.717, 1.165) is 21.8 Å². The Morgan fingerprint density at radius 2 is 1.58 bits per heavy atom. The van der Waals surface area contributed by atoms with Gasteiger partial charge in [-0.05, 0) is 30.3 Å². The van der Waals surface area contributed by atoms with Crippen LogP contribution in [-0.2, 0) is 0 Å². The Hall–Kier alpha value is -4.52. The van der Waals surface area contributed by atoms with Crippen LogP contribution >= 0.6 is 0 Å². The minimum Gasteiger partial charge on any atom is -0.449 e. The highest BCUT2D eigenvalue weighted by Gasteiger charge is 2.20. The fourth-order valence-electron chi connectivity index (χ4n) is 4.18. The van der Waals surface area contributed by atoms with Gasteiger partial charge in [-0.15, -0.1) is 0 Å². The number of nitro groups is 1. The summed E-state index contributed by atoms with van der Waals surface area (Å²) in [7, 11) is 0. The van der Waals surface area contributed by atoms with Gasteiger partial charge >= 0.3 is 5.69 Å². The predicted molar refractivity (Wildman–Crippen MR) is 118 cm³/mol. The van der Waals surface area contributed by atoms with E-state index in [1.54, 1.807) is 34.7 Å². The lowest BCUT2D eigenvalue weighted by Crippen LogP contribution is -2.13. The van der Waals surface area contributed by atoms with Crippen molar-refractivity contribution in [1.29, 1.82) is 0 Å². The first kappa shape index (κ1) is 17.3. The van der Waals surface area contributed by atoms with Gasteiger partial charge in [0.25, 0.3) is 5.56 Å². The summed E-state index contributed by atoms with van der Waals surface area (Å²) in [6.07, 6.45) is 0. The summed E-state index contributed by atoms with van der Waals surface area (Å²) >= 11 is 0. The number of hydrogen-bond donors (Lipinski definition) is 0. The number of pyridine rings is 1. The third kappa shape index (κ3) is 2.40. The van der Waals surface area contributed by atoms with E-state index in [4.69, 9.17) is 9.72 Å². The molecule has 31 heavy (non-hydrogen) atoms. The maximum Gasteiger partial charge on any atom is 0.311 e. The molecule has 0 N–H and O–H groups in total. The first-order valence-corrected chi connectivity index (χ1v) is 9.63. The van der Waals surface area contributed by atoms with Crippen molar-refractivity contribution in [1.82, 2.24) is 9.38 Å². The van der Waals surface area contributed by atoms with Gasteiger partial charge in [-0.1, -0.05) is 42.5 Å². The van der Waals surface area contributed by atoms with Crippen molar-refractivity contribution in [3.05, 3.63) is 99.3 Å². The highest BCUT2D eigenvalue weighted by Crippen LogP contribution is 2.38. The lowest BCUT2D eigenvalue weighted by molar-refractivity contribution is -0.385. The average Bonchev–Trinajstić information content (AvgIpc) is 3.18. The van der Waals surface area contributed by atoms with Crippen molar-refractivity contribution < 1.29 is 9.66 Å². The molecule has 0 saturated carbocycles. The summed E-state index contributed by atoms with van der Waals surface area (Å²) < 4.78 is 7.60. The van der Waals surface area contributed by atoms with Crippen LogP contribution in [0.1, 0.15) is 0 Å². The molecule has 0 fully saturated rings. The lowest BCUT2D eigenvalue weighted by atomic mass is 10.0. The maximum atomic E-state index is 13.4. The Morgan fingerprint density at radius 1 is 0.806 bits per heavy atom. The SMILES string of the molecule is O=c1c2ccc(Oc3ccccc3[N+](=O)[O-])c3cccc(c32)c2nc3ccccc3n12. The Balaban J connectivity index is 1.69. The first-order chi connectivity index (χ1) is 15.1. The molecule has 0 unspecified atom stereocenters. The second kappa shape index (κ2) is 6.24. The molecule has 0 amide bonds. The summed E-state index contributed by atoms with van der Waals surface area (Å²) in [5.74, 6) is 0.579. The summed E-state index contributed by atoms with van der Waals surface area (Å²) in [5.41, 5.74) is 1.79. The molecular weight excluding hydrogens is 394 g/mol. The van der Waals surface area contributed by atoms with Crippen LogP contribution in [0.3, 0.4) is 0 Å². The van der Waals surface area contributed by atoms with Gasteiger partial charge < -0.3 is 4.74 Å². The van der Waals surface area contributed by atoms with E-state index in [2.05, 4.69) is 0 Å². The topological polar surface area (TPSA) is 86.7 Å². The van der Waals surface area contributed by atoms with E-state index in [9.17, 15) is 14.9 Å². The molecule has 0 spiro atoms. The molecule has 0 bridgehead atoms. The fourth-order valence-corrected chi connectivity index (χ4v) is 4.18. The van der Waals surface area contributed by atoms with Crippen LogP contribution < -0.4 is 10.3 Å². The Morgan fingerprint density at radius 3 is 2.45 bits per heavy atom. The molecule has 148 valence electrons. The predicted octanol–water partition coefficient (Wildman–Crippen LogP) is 5.29. The number of ether oxygens (including phenoxy) is 1. The molecule has 0 saturated heterocycles. The van der Waals surface area contributed by atoms with Crippen LogP contribution in [-0.4, -0.2) is 14.3 Å². The van der Waals surface area contributed by atoms with Crippen LogP contribution in [0.5, 0.6) is 11.5 Å². The minimum atomic E-state index is -0.480. The number of fused-ring (bicyclic) bond motifs is 4. The zero-order chi connectivity index (χ0) is 21.1. The highest BCUT2D eigenvalue weighted by atomic mass is 16.6. The molecule has 0 aliphatic rings. The zero-order valence-electron chi connectivity index (χ0n) is 16.0. The van der Waals surface area contributed by atoms with Crippen LogP contribution in [0.15, 0.2) is 83.7 Å². The third-order valence-corrected chi connectivity index (χ3v) is 5.52. The van der Waals surface area contributed by atoms with E-state index in [1.165, 1.54) is 6.07 Å². The minimum absolute atomic E-state index is 0.124. The molecule has 6 rings (SSSR count). The van der Waals surface area contributed by atoms with Gasteiger partial charge in [-0.2, -0.15) is 0 Å². The van der Waals surface area contributed by atoms with Gasteiger partial charge in [0.15, 0.2) is 0 Å². The van der Waals surface area contributed by atoms with Crippen molar-refractivity contribution in [2.24, 2.45) is 0 Å². The van der Waals surface area contributed by atoms with E-state index >= 15 is 0 Å². The monoisotopic (exact) mass is 407 g/mol. The largest absolute Gasteiger partial charge is 0.449 e. The number of para-hydroxylation sites is 4. The van der Waals surface area contributed by atoms with Crippen LogP contribution in [0.25, 0.3) is 38.2 Å². The number of rotatable bonds is 3. The second-order valence-electron chi connectivity index (χ2n) is 7.23. The van der Waals surface area contributed by atoms with E-state index < -0.39 is 4.92 Å². The maximum absolute atomic E-state index is 13.4. The number of aromatic nitrogens is 2. The van der Waals surface area contributed by atoms with Crippen molar-refractivity contribution in [3.63, 3.8) is 0 Å². The second-order valence-corrected chi connectivity index (χ2v) is 7.23. The van der Waals surface area contributed by atoms with Crippen molar-refractivity contribution >= 4 is 43.9 Å². The molecule has 2 aromatic heterocycles. The molecule has 0 atom stereocenters. The van der Waals surface area contributed by atoms with Gasteiger partial charge in [0.1, 0.15) is 11.4 Å². The number of imidazole rings is 1. The third-order valence-electron chi connectivity index (χ3n) is 5.52. The standard InChI is InChI=1S/C24H13N3O4/c28-24-16-12-13-20(31-21-11-4-3-10-19(21)27(29)30)14-6-5-7-15(22(14)16)23-25-17-8-1-2-9-18(17)26(23)24/h1-13H. The van der Waals surface area contributed by atoms with Gasteiger partial charge in [0.05, 0.1) is 16.0 Å². The normalized spacial score (nSPS) is 11.6. The smallest absolute Gasteiger partial charge is 0.311 e. The van der Waals surface area contributed by atoms with E-state index in [1.807, 2.05) is 42.5 Å². The Bertz CT molecular complexity index is 1720. The summed E-state index contributed by atoms with van der Waals surface area (Å²) in [5, 5.41) is 14.2. The van der Waals surface area contributed by atoms with Gasteiger partial charge in [-0.3, -0.25) is 19.3 Å². The number of nitro benzene ring substituents is 1. The average molecular weight is 407 g/mol. The molecular formula is C24H13N3O4. The van der Waals surface area contributed by atoms with Crippen LogP contribution in [0.2, 0.25) is 0 Å². The summed E-state index contributed by atoms with van der Waals surface area (Å²) in [4.78, 5) is 29.0. The number of hydrogen-bond acceptors (Lipinski definition) is 5. The van der Waals surface area contributed by atoms with Gasteiger partial charge in [0.2, 0.25) is 5.75 Å². The summed E-state index contributed by atoms with van der Waals surface area (Å²) in [6.45, 7) is 0. The summed E-state index contributed by atoms with van der Waals surface area (Å²) in [6, 6.07) is 22.8. The molecule has 0 aliphatic heterocycles.